The van der Waals surface area contributed by atoms with Crippen LogP contribution in [0.2, 0.25) is 10.0 Å². The number of anilines is 1. The van der Waals surface area contributed by atoms with E-state index in [9.17, 15) is 4.79 Å². The third kappa shape index (κ3) is 3.87. The summed E-state index contributed by atoms with van der Waals surface area (Å²) < 4.78 is 0. The van der Waals surface area contributed by atoms with E-state index in [4.69, 9.17) is 28.9 Å². The molecule has 1 aromatic carbocycles. The monoisotopic (exact) mass is 274 g/mol. The average molecular weight is 275 g/mol. The van der Waals surface area contributed by atoms with Gasteiger partial charge in [0, 0.05) is 11.6 Å². The highest BCUT2D eigenvalue weighted by molar-refractivity contribution is 6.35. The molecule has 3 nitrogen and oxygen atoms in total. The summed E-state index contributed by atoms with van der Waals surface area (Å²) in [5.74, 6) is -0.185. The second-order valence-electron chi connectivity index (χ2n) is 4.20. The number of hydrogen-bond acceptors (Lipinski definition) is 2. The molecule has 1 atom stereocenters. The normalized spacial score (nSPS) is 12.6. The topological polar surface area (TPSA) is 55.1 Å². The minimum absolute atomic E-state index is 0.133. The van der Waals surface area contributed by atoms with E-state index in [1.165, 1.54) is 0 Å². The van der Waals surface area contributed by atoms with Gasteiger partial charge in [-0.15, -0.1) is 0 Å². The molecule has 1 amide bonds. The Balaban J connectivity index is 2.83. The van der Waals surface area contributed by atoms with E-state index >= 15 is 0 Å². The Kier molecular flexibility index (Phi) is 5.25. The molecule has 1 rings (SSSR count). The lowest BCUT2D eigenvalue weighted by molar-refractivity contribution is -0.120. The molecule has 1 unspecified atom stereocenters. The van der Waals surface area contributed by atoms with Gasteiger partial charge in [0.15, 0.2) is 0 Å². The second-order valence-corrected chi connectivity index (χ2v) is 5.04. The molecule has 0 aromatic heterocycles. The highest BCUT2D eigenvalue weighted by Gasteiger charge is 2.21. The molecule has 1 aromatic rings. The summed E-state index contributed by atoms with van der Waals surface area (Å²) in [7, 11) is 0. The van der Waals surface area contributed by atoms with Crippen molar-refractivity contribution in [3.8, 4) is 0 Å². The molecule has 0 saturated heterocycles. The van der Waals surface area contributed by atoms with Crippen molar-refractivity contribution < 1.29 is 4.79 Å². The summed E-state index contributed by atoms with van der Waals surface area (Å²) in [5, 5.41) is 3.73. The molecule has 0 heterocycles. The van der Waals surface area contributed by atoms with Crippen molar-refractivity contribution in [2.45, 2.75) is 13.8 Å². The second kappa shape index (κ2) is 6.24. The zero-order valence-electron chi connectivity index (χ0n) is 9.84. The summed E-state index contributed by atoms with van der Waals surface area (Å²) >= 11 is 11.8. The molecule has 0 aliphatic heterocycles. The van der Waals surface area contributed by atoms with E-state index < -0.39 is 0 Å². The fourth-order valence-electron chi connectivity index (χ4n) is 1.50. The third-order valence-electron chi connectivity index (χ3n) is 2.58. The van der Waals surface area contributed by atoms with Crippen LogP contribution in [0.3, 0.4) is 0 Å². The van der Waals surface area contributed by atoms with Gasteiger partial charge >= 0.3 is 0 Å². The van der Waals surface area contributed by atoms with Gasteiger partial charge in [0.1, 0.15) is 0 Å². The van der Waals surface area contributed by atoms with Gasteiger partial charge in [-0.2, -0.15) is 0 Å². The van der Waals surface area contributed by atoms with E-state index in [2.05, 4.69) is 5.32 Å². The van der Waals surface area contributed by atoms with Crippen molar-refractivity contribution in [3.63, 3.8) is 0 Å². The van der Waals surface area contributed by atoms with Gasteiger partial charge in [-0.3, -0.25) is 4.79 Å². The van der Waals surface area contributed by atoms with Crippen molar-refractivity contribution in [3.05, 3.63) is 28.2 Å². The maximum absolute atomic E-state index is 12.0. The molecule has 0 spiro atoms. The zero-order chi connectivity index (χ0) is 13.0. The zero-order valence-corrected chi connectivity index (χ0v) is 11.3. The Morgan fingerprint density at radius 2 is 2.06 bits per heavy atom. The van der Waals surface area contributed by atoms with Crippen molar-refractivity contribution in [1.29, 1.82) is 0 Å². The molecule has 0 radical (unpaired) electrons. The van der Waals surface area contributed by atoms with Crippen molar-refractivity contribution in [2.24, 2.45) is 17.6 Å². The largest absolute Gasteiger partial charge is 0.330 e. The smallest absolute Gasteiger partial charge is 0.229 e. The highest BCUT2D eigenvalue weighted by Crippen LogP contribution is 2.26. The van der Waals surface area contributed by atoms with Crippen LogP contribution >= 0.6 is 23.2 Å². The fourth-order valence-corrected chi connectivity index (χ4v) is 1.84. The Labute approximate surface area is 111 Å². The van der Waals surface area contributed by atoms with Crippen LogP contribution in [0.5, 0.6) is 0 Å². The minimum Gasteiger partial charge on any atom is -0.330 e. The van der Waals surface area contributed by atoms with Gasteiger partial charge in [-0.1, -0.05) is 37.0 Å². The molecule has 5 heteroatoms. The summed E-state index contributed by atoms with van der Waals surface area (Å²) in [6.45, 7) is 4.22. The maximum Gasteiger partial charge on any atom is 0.229 e. The molecule has 94 valence electrons. The van der Waals surface area contributed by atoms with Gasteiger partial charge in [0.2, 0.25) is 5.91 Å². The van der Waals surface area contributed by atoms with E-state index in [1.54, 1.807) is 18.2 Å². The van der Waals surface area contributed by atoms with Gasteiger partial charge in [-0.05, 0) is 24.1 Å². The number of benzene rings is 1. The standard InChI is InChI=1S/C12H16Cl2N2O/c1-7(2)9(6-15)12(17)16-11-5-8(13)3-4-10(11)14/h3-5,7,9H,6,15H2,1-2H3,(H,16,17). The Morgan fingerprint density at radius 3 is 2.59 bits per heavy atom. The lowest BCUT2D eigenvalue weighted by atomic mass is 9.95. The number of halogens is 2. The first-order valence-electron chi connectivity index (χ1n) is 5.41. The lowest BCUT2D eigenvalue weighted by Gasteiger charge is -2.18. The summed E-state index contributed by atoms with van der Waals surface area (Å²) in [4.78, 5) is 12.0. The molecule has 0 bridgehead atoms. The Bertz CT molecular complexity index is 407. The summed E-state index contributed by atoms with van der Waals surface area (Å²) in [6, 6.07) is 4.93. The first-order chi connectivity index (χ1) is 7.95. The van der Waals surface area contributed by atoms with E-state index in [1.807, 2.05) is 13.8 Å². The Hall–Kier alpha value is -0.770. The van der Waals surface area contributed by atoms with E-state index in [0.29, 0.717) is 22.3 Å². The number of rotatable bonds is 4. The molecule has 0 aliphatic carbocycles. The highest BCUT2D eigenvalue weighted by atomic mass is 35.5. The molecular weight excluding hydrogens is 259 g/mol. The van der Waals surface area contributed by atoms with Crippen LogP contribution < -0.4 is 11.1 Å². The predicted molar refractivity (Wildman–Crippen MR) is 72.5 cm³/mol. The minimum atomic E-state index is -0.231. The SMILES string of the molecule is CC(C)C(CN)C(=O)Nc1cc(Cl)ccc1Cl. The van der Waals surface area contributed by atoms with Crippen LogP contribution in [0, 0.1) is 11.8 Å². The molecule has 0 fully saturated rings. The number of carbonyl (C=O) groups excluding carboxylic acids is 1. The molecule has 0 aliphatic rings. The van der Waals surface area contributed by atoms with Gasteiger partial charge in [0.25, 0.3) is 0 Å². The van der Waals surface area contributed by atoms with Crippen molar-refractivity contribution >= 4 is 34.8 Å². The number of nitrogens with two attached hydrogens (primary N) is 1. The molecule has 0 saturated carbocycles. The van der Waals surface area contributed by atoms with E-state index in [0.717, 1.165) is 0 Å². The third-order valence-corrected chi connectivity index (χ3v) is 3.15. The number of carbonyl (C=O) groups is 1. The quantitative estimate of drug-likeness (QED) is 0.886. The summed E-state index contributed by atoms with van der Waals surface area (Å²) in [5.41, 5.74) is 6.09. The van der Waals surface area contributed by atoms with Crippen molar-refractivity contribution in [2.75, 3.05) is 11.9 Å². The number of nitrogens with one attached hydrogen (secondary N) is 1. The molecular formula is C12H16Cl2N2O. The molecule has 17 heavy (non-hydrogen) atoms. The average Bonchev–Trinajstić information content (AvgIpc) is 2.24. The van der Waals surface area contributed by atoms with Crippen molar-refractivity contribution in [1.82, 2.24) is 0 Å². The van der Waals surface area contributed by atoms with Gasteiger partial charge < -0.3 is 11.1 Å². The Morgan fingerprint density at radius 1 is 1.41 bits per heavy atom. The first kappa shape index (κ1) is 14.3. The molecule has 3 N–H and O–H groups in total. The van der Waals surface area contributed by atoms with Gasteiger partial charge in [0.05, 0.1) is 16.6 Å². The van der Waals surface area contributed by atoms with Crippen LogP contribution in [0.4, 0.5) is 5.69 Å². The predicted octanol–water partition coefficient (Wildman–Crippen LogP) is 3.16. The van der Waals surface area contributed by atoms with Crippen LogP contribution in [-0.4, -0.2) is 12.5 Å². The van der Waals surface area contributed by atoms with Crippen LogP contribution in [0.1, 0.15) is 13.8 Å². The van der Waals surface area contributed by atoms with E-state index in [-0.39, 0.29) is 17.7 Å². The van der Waals surface area contributed by atoms with Crippen LogP contribution in [0.25, 0.3) is 0 Å². The van der Waals surface area contributed by atoms with Crippen LogP contribution in [0.15, 0.2) is 18.2 Å². The lowest BCUT2D eigenvalue weighted by Crippen LogP contribution is -2.33. The summed E-state index contributed by atoms with van der Waals surface area (Å²) in [6.07, 6.45) is 0. The van der Waals surface area contributed by atoms with Crippen LogP contribution in [-0.2, 0) is 4.79 Å². The maximum atomic E-state index is 12.0. The number of hydrogen-bond donors (Lipinski definition) is 2. The fraction of sp³-hybridized carbons (Fsp3) is 0.417. The van der Waals surface area contributed by atoms with Gasteiger partial charge in [-0.25, -0.2) is 0 Å². The first-order valence-corrected chi connectivity index (χ1v) is 6.17. The number of amides is 1.